The van der Waals surface area contributed by atoms with E-state index in [9.17, 15) is 5.11 Å². The number of aliphatic hydroxyl groups excluding tert-OH is 1. The van der Waals surface area contributed by atoms with Crippen LogP contribution in [0.3, 0.4) is 0 Å². The van der Waals surface area contributed by atoms with Crippen LogP contribution in [0.25, 0.3) is 0 Å². The molecule has 0 aliphatic carbocycles. The number of ether oxygens (including phenoxy) is 2. The fraction of sp³-hybridized carbons (Fsp3) is 0.400. The first kappa shape index (κ1) is 17.5. The summed E-state index contributed by atoms with van der Waals surface area (Å²) in [5.41, 5.74) is 2.43. The van der Waals surface area contributed by atoms with Gasteiger partial charge in [-0.15, -0.1) is 0 Å². The van der Waals surface area contributed by atoms with Crippen molar-refractivity contribution in [3.8, 4) is 5.75 Å². The first-order valence-corrected chi connectivity index (χ1v) is 8.09. The van der Waals surface area contributed by atoms with Gasteiger partial charge < -0.3 is 14.6 Å². The summed E-state index contributed by atoms with van der Waals surface area (Å²) in [6.45, 7) is 7.30. The second-order valence-corrected chi connectivity index (χ2v) is 6.10. The number of aliphatic hydroxyl groups is 1. The highest BCUT2D eigenvalue weighted by atomic mass is 16.5. The molecule has 1 N–H and O–H groups in total. The molecule has 0 saturated heterocycles. The van der Waals surface area contributed by atoms with Gasteiger partial charge in [0.15, 0.2) is 0 Å². The molecule has 23 heavy (non-hydrogen) atoms. The maximum absolute atomic E-state index is 9.34. The lowest BCUT2D eigenvalue weighted by Gasteiger charge is -2.26. The molecule has 0 spiro atoms. The Morgan fingerprint density at radius 1 is 0.957 bits per heavy atom. The standard InChI is InChI=1S/C20H26O3/c1-4-22-15-19(14-21)23-18-12-10-17(11-13-18)20(2,3)16-8-6-5-7-9-16/h5-13,19,21H,4,14-15H2,1-3H3. The first-order chi connectivity index (χ1) is 11.1. The highest BCUT2D eigenvalue weighted by molar-refractivity contribution is 5.39. The Hall–Kier alpha value is -1.84. The van der Waals surface area contributed by atoms with Gasteiger partial charge in [-0.05, 0) is 30.2 Å². The van der Waals surface area contributed by atoms with E-state index in [2.05, 4.69) is 50.2 Å². The van der Waals surface area contributed by atoms with Crippen molar-refractivity contribution in [1.29, 1.82) is 0 Å². The third-order valence-electron chi connectivity index (χ3n) is 4.09. The van der Waals surface area contributed by atoms with Gasteiger partial charge in [0.1, 0.15) is 11.9 Å². The molecule has 0 bridgehead atoms. The van der Waals surface area contributed by atoms with E-state index in [1.807, 2.05) is 25.1 Å². The normalized spacial score (nSPS) is 12.9. The molecule has 124 valence electrons. The molecule has 3 nitrogen and oxygen atoms in total. The molecule has 1 atom stereocenters. The smallest absolute Gasteiger partial charge is 0.145 e. The fourth-order valence-corrected chi connectivity index (χ4v) is 2.54. The quantitative estimate of drug-likeness (QED) is 0.805. The van der Waals surface area contributed by atoms with Crippen LogP contribution in [0.15, 0.2) is 54.6 Å². The van der Waals surface area contributed by atoms with Crippen LogP contribution in [0.5, 0.6) is 5.75 Å². The third-order valence-corrected chi connectivity index (χ3v) is 4.09. The van der Waals surface area contributed by atoms with Crippen molar-refractivity contribution < 1.29 is 14.6 Å². The van der Waals surface area contributed by atoms with Crippen LogP contribution >= 0.6 is 0 Å². The maximum atomic E-state index is 9.34. The summed E-state index contributed by atoms with van der Waals surface area (Å²) in [6.07, 6.45) is -0.331. The predicted molar refractivity (Wildman–Crippen MR) is 93.0 cm³/mol. The van der Waals surface area contributed by atoms with Gasteiger partial charge in [-0.1, -0.05) is 56.3 Å². The Balaban J connectivity index is 2.10. The fourth-order valence-electron chi connectivity index (χ4n) is 2.54. The van der Waals surface area contributed by atoms with Crippen molar-refractivity contribution in [3.05, 3.63) is 65.7 Å². The van der Waals surface area contributed by atoms with Crippen molar-refractivity contribution in [3.63, 3.8) is 0 Å². The summed E-state index contributed by atoms with van der Waals surface area (Å²) in [5, 5.41) is 9.34. The summed E-state index contributed by atoms with van der Waals surface area (Å²) >= 11 is 0. The number of benzene rings is 2. The zero-order valence-corrected chi connectivity index (χ0v) is 14.2. The van der Waals surface area contributed by atoms with E-state index in [0.29, 0.717) is 13.2 Å². The molecule has 2 aromatic rings. The van der Waals surface area contributed by atoms with Crippen molar-refractivity contribution in [2.24, 2.45) is 0 Å². The van der Waals surface area contributed by atoms with E-state index >= 15 is 0 Å². The van der Waals surface area contributed by atoms with Gasteiger partial charge >= 0.3 is 0 Å². The van der Waals surface area contributed by atoms with Crippen LogP contribution in [0.2, 0.25) is 0 Å². The lowest BCUT2D eigenvalue weighted by molar-refractivity contribution is 0.0246. The van der Waals surface area contributed by atoms with Crippen LogP contribution in [0, 0.1) is 0 Å². The van der Waals surface area contributed by atoms with Gasteiger partial charge in [0.25, 0.3) is 0 Å². The van der Waals surface area contributed by atoms with E-state index in [-0.39, 0.29) is 18.1 Å². The summed E-state index contributed by atoms with van der Waals surface area (Å²) in [4.78, 5) is 0. The van der Waals surface area contributed by atoms with Gasteiger partial charge in [-0.2, -0.15) is 0 Å². The Bertz CT molecular complexity index is 576. The van der Waals surface area contributed by atoms with E-state index in [0.717, 1.165) is 5.75 Å². The summed E-state index contributed by atoms with van der Waals surface area (Å²) in [5.74, 6) is 0.747. The second kappa shape index (κ2) is 8.14. The summed E-state index contributed by atoms with van der Waals surface area (Å²) < 4.78 is 11.1. The summed E-state index contributed by atoms with van der Waals surface area (Å²) in [6, 6.07) is 18.5. The van der Waals surface area contributed by atoms with Gasteiger partial charge in [-0.3, -0.25) is 0 Å². The number of hydrogen-bond acceptors (Lipinski definition) is 3. The Kier molecular flexibility index (Phi) is 6.20. The van der Waals surface area contributed by atoms with Gasteiger partial charge in [0.05, 0.1) is 13.2 Å². The molecule has 0 saturated carbocycles. The molecular weight excluding hydrogens is 288 g/mol. The monoisotopic (exact) mass is 314 g/mol. The average molecular weight is 314 g/mol. The molecule has 0 amide bonds. The minimum Gasteiger partial charge on any atom is -0.486 e. The molecule has 0 aromatic heterocycles. The Labute approximate surface area is 138 Å². The van der Waals surface area contributed by atoms with Crippen LogP contribution in [-0.4, -0.2) is 31.0 Å². The van der Waals surface area contributed by atoms with E-state index < -0.39 is 0 Å². The highest BCUT2D eigenvalue weighted by Crippen LogP contribution is 2.32. The zero-order valence-electron chi connectivity index (χ0n) is 14.2. The molecule has 3 heteroatoms. The summed E-state index contributed by atoms with van der Waals surface area (Å²) in [7, 11) is 0. The SMILES string of the molecule is CCOCC(CO)Oc1ccc(C(C)(C)c2ccccc2)cc1. The van der Waals surface area contributed by atoms with Crippen molar-refractivity contribution in [2.75, 3.05) is 19.8 Å². The van der Waals surface area contributed by atoms with E-state index in [4.69, 9.17) is 9.47 Å². The molecule has 2 aromatic carbocycles. The van der Waals surface area contributed by atoms with E-state index in [1.165, 1.54) is 11.1 Å². The van der Waals surface area contributed by atoms with Crippen molar-refractivity contribution in [2.45, 2.75) is 32.3 Å². The topological polar surface area (TPSA) is 38.7 Å². The lowest BCUT2D eigenvalue weighted by atomic mass is 9.78. The molecular formula is C20H26O3. The minimum absolute atomic E-state index is 0.0583. The number of hydrogen-bond donors (Lipinski definition) is 1. The molecule has 0 aliphatic heterocycles. The van der Waals surface area contributed by atoms with Crippen LogP contribution in [-0.2, 0) is 10.2 Å². The lowest BCUT2D eigenvalue weighted by Crippen LogP contribution is -2.27. The maximum Gasteiger partial charge on any atom is 0.145 e. The Morgan fingerprint density at radius 2 is 1.57 bits per heavy atom. The van der Waals surface area contributed by atoms with Crippen molar-refractivity contribution in [1.82, 2.24) is 0 Å². The molecule has 2 rings (SSSR count). The van der Waals surface area contributed by atoms with Gasteiger partial charge in [0, 0.05) is 12.0 Å². The highest BCUT2D eigenvalue weighted by Gasteiger charge is 2.22. The molecule has 0 radical (unpaired) electrons. The predicted octanol–water partition coefficient (Wildman–Crippen LogP) is 3.79. The van der Waals surface area contributed by atoms with Crippen LogP contribution in [0.4, 0.5) is 0 Å². The third kappa shape index (κ3) is 4.57. The van der Waals surface area contributed by atoms with Gasteiger partial charge in [0.2, 0.25) is 0 Å². The first-order valence-electron chi connectivity index (χ1n) is 8.09. The molecule has 1 unspecified atom stereocenters. The Morgan fingerprint density at radius 3 is 2.13 bits per heavy atom. The second-order valence-electron chi connectivity index (χ2n) is 6.10. The average Bonchev–Trinajstić information content (AvgIpc) is 2.59. The largest absolute Gasteiger partial charge is 0.486 e. The molecule has 0 fully saturated rings. The number of rotatable bonds is 8. The van der Waals surface area contributed by atoms with Crippen molar-refractivity contribution >= 4 is 0 Å². The molecule has 0 heterocycles. The van der Waals surface area contributed by atoms with Gasteiger partial charge in [-0.25, -0.2) is 0 Å². The minimum atomic E-state index is -0.331. The van der Waals surface area contributed by atoms with Crippen LogP contribution < -0.4 is 4.74 Å². The van der Waals surface area contributed by atoms with Crippen LogP contribution in [0.1, 0.15) is 31.9 Å². The molecule has 0 aliphatic rings. The van der Waals surface area contributed by atoms with E-state index in [1.54, 1.807) is 0 Å². The zero-order chi connectivity index (χ0) is 16.7.